The van der Waals surface area contributed by atoms with Crippen molar-refractivity contribution in [3.63, 3.8) is 0 Å². The number of ether oxygens (including phenoxy) is 1. The van der Waals surface area contributed by atoms with Crippen LogP contribution < -0.4 is 0 Å². The minimum Gasteiger partial charge on any atom is -0.389 e. The highest BCUT2D eigenvalue weighted by Crippen LogP contribution is 2.11. The molecule has 3 nitrogen and oxygen atoms in total. The van der Waals surface area contributed by atoms with Crippen LogP contribution in [0, 0.1) is 17.5 Å². The van der Waals surface area contributed by atoms with Gasteiger partial charge in [-0.05, 0) is 30.8 Å². The monoisotopic (exact) mass is 339 g/mol. The molecule has 2 aromatic rings. The van der Waals surface area contributed by atoms with E-state index in [9.17, 15) is 18.3 Å². The largest absolute Gasteiger partial charge is 0.389 e. The van der Waals surface area contributed by atoms with Crippen molar-refractivity contribution in [3.05, 3.63) is 71.0 Å². The third-order valence-corrected chi connectivity index (χ3v) is 3.48. The van der Waals surface area contributed by atoms with Gasteiger partial charge in [-0.25, -0.2) is 13.2 Å². The third kappa shape index (κ3) is 5.63. The lowest BCUT2D eigenvalue weighted by molar-refractivity contribution is 0.0119. The van der Waals surface area contributed by atoms with Crippen LogP contribution in [0.2, 0.25) is 0 Å². The molecule has 1 atom stereocenters. The van der Waals surface area contributed by atoms with Crippen molar-refractivity contribution in [1.82, 2.24) is 4.90 Å². The van der Waals surface area contributed by atoms with Gasteiger partial charge in [0.15, 0.2) is 11.6 Å². The summed E-state index contributed by atoms with van der Waals surface area (Å²) >= 11 is 0. The number of rotatable bonds is 8. The average Bonchev–Trinajstić information content (AvgIpc) is 2.52. The standard InChI is InChI=1S/C18H20F3NO2/c1-22(9-13-6-7-17(20)18(21)8-13)10-15(23)12-24-11-14-4-2-3-5-16(14)19/h2-8,15,23H,9-12H2,1H3. The molecule has 1 N–H and O–H groups in total. The Morgan fingerprint density at radius 1 is 1.04 bits per heavy atom. The SMILES string of the molecule is CN(Cc1ccc(F)c(F)c1)CC(O)COCc1ccccc1F. The van der Waals surface area contributed by atoms with E-state index in [1.807, 2.05) is 0 Å². The van der Waals surface area contributed by atoms with Gasteiger partial charge in [0.05, 0.1) is 19.3 Å². The van der Waals surface area contributed by atoms with Crippen molar-refractivity contribution in [1.29, 1.82) is 0 Å². The fourth-order valence-electron chi connectivity index (χ4n) is 2.35. The lowest BCUT2D eigenvalue weighted by atomic mass is 10.2. The summed E-state index contributed by atoms with van der Waals surface area (Å²) in [6.07, 6.45) is -0.771. The van der Waals surface area contributed by atoms with E-state index in [4.69, 9.17) is 4.74 Å². The Labute approximate surface area is 139 Å². The highest BCUT2D eigenvalue weighted by atomic mass is 19.2. The molecule has 0 aromatic heterocycles. The molecule has 1 unspecified atom stereocenters. The zero-order valence-corrected chi connectivity index (χ0v) is 13.4. The summed E-state index contributed by atoms with van der Waals surface area (Å²) in [6, 6.07) is 9.99. The molecule has 0 amide bonds. The van der Waals surface area contributed by atoms with Crippen LogP contribution in [0.4, 0.5) is 13.2 Å². The summed E-state index contributed by atoms with van der Waals surface area (Å²) in [5, 5.41) is 9.95. The Morgan fingerprint density at radius 3 is 2.50 bits per heavy atom. The molecule has 2 rings (SSSR count). The summed E-state index contributed by atoms with van der Waals surface area (Å²) in [4.78, 5) is 1.77. The lowest BCUT2D eigenvalue weighted by Gasteiger charge is -2.20. The Bertz CT molecular complexity index is 666. The molecule has 0 aliphatic carbocycles. The Kier molecular flexibility index (Phi) is 6.78. The number of benzene rings is 2. The first-order chi connectivity index (χ1) is 11.5. The van der Waals surface area contributed by atoms with Crippen molar-refractivity contribution in [2.24, 2.45) is 0 Å². The van der Waals surface area contributed by atoms with Crippen molar-refractivity contribution in [2.75, 3.05) is 20.2 Å². The maximum atomic E-state index is 13.4. The number of likely N-dealkylation sites (N-methyl/N-ethyl adjacent to an activating group) is 1. The summed E-state index contributed by atoms with van der Waals surface area (Å²) in [7, 11) is 1.75. The van der Waals surface area contributed by atoms with E-state index in [0.29, 0.717) is 17.7 Å². The summed E-state index contributed by atoms with van der Waals surface area (Å²) in [6.45, 7) is 0.783. The molecule has 130 valence electrons. The van der Waals surface area contributed by atoms with Gasteiger partial charge in [0.1, 0.15) is 5.82 Å². The van der Waals surface area contributed by atoms with Gasteiger partial charge in [-0.2, -0.15) is 0 Å². The van der Waals surface area contributed by atoms with Gasteiger partial charge in [-0.1, -0.05) is 24.3 Å². The Morgan fingerprint density at radius 2 is 1.79 bits per heavy atom. The highest BCUT2D eigenvalue weighted by Gasteiger charge is 2.11. The zero-order chi connectivity index (χ0) is 17.5. The molecule has 0 saturated carbocycles. The molecule has 0 aliphatic rings. The summed E-state index contributed by atoms with van der Waals surface area (Å²) in [5.41, 5.74) is 1.04. The minimum atomic E-state index is -0.894. The Hall–Kier alpha value is -1.89. The fraction of sp³-hybridized carbons (Fsp3) is 0.333. The maximum absolute atomic E-state index is 13.4. The minimum absolute atomic E-state index is 0.0520. The number of hydrogen-bond donors (Lipinski definition) is 1. The van der Waals surface area contributed by atoms with Gasteiger partial charge < -0.3 is 9.84 Å². The molecule has 0 heterocycles. The molecule has 0 bridgehead atoms. The lowest BCUT2D eigenvalue weighted by Crippen LogP contribution is -2.31. The topological polar surface area (TPSA) is 32.7 Å². The first-order valence-electron chi connectivity index (χ1n) is 7.57. The second-order valence-corrected chi connectivity index (χ2v) is 5.71. The number of hydrogen-bond acceptors (Lipinski definition) is 3. The van der Waals surface area contributed by atoms with Crippen LogP contribution in [0.3, 0.4) is 0 Å². The van der Waals surface area contributed by atoms with E-state index in [1.54, 1.807) is 30.1 Å². The van der Waals surface area contributed by atoms with Crippen LogP contribution in [0.25, 0.3) is 0 Å². The van der Waals surface area contributed by atoms with Crippen LogP contribution >= 0.6 is 0 Å². The molecule has 0 radical (unpaired) electrons. The molecule has 6 heteroatoms. The van der Waals surface area contributed by atoms with Crippen molar-refractivity contribution < 1.29 is 23.0 Å². The zero-order valence-electron chi connectivity index (χ0n) is 13.4. The van der Waals surface area contributed by atoms with Crippen molar-refractivity contribution in [3.8, 4) is 0 Å². The highest BCUT2D eigenvalue weighted by molar-refractivity contribution is 5.18. The molecule has 2 aromatic carbocycles. The van der Waals surface area contributed by atoms with Crippen LogP contribution in [0.15, 0.2) is 42.5 Å². The molecular formula is C18H20F3NO2. The Balaban J connectivity index is 1.74. The van der Waals surface area contributed by atoms with Gasteiger partial charge >= 0.3 is 0 Å². The molecule has 0 aliphatic heterocycles. The average molecular weight is 339 g/mol. The van der Waals surface area contributed by atoms with Crippen LogP contribution in [-0.2, 0) is 17.9 Å². The van der Waals surface area contributed by atoms with Crippen LogP contribution in [-0.4, -0.2) is 36.3 Å². The van der Waals surface area contributed by atoms with E-state index in [1.165, 1.54) is 12.1 Å². The first-order valence-corrected chi connectivity index (χ1v) is 7.57. The number of aliphatic hydroxyl groups excluding tert-OH is 1. The summed E-state index contributed by atoms with van der Waals surface area (Å²) in [5.74, 6) is -2.12. The summed E-state index contributed by atoms with van der Waals surface area (Å²) < 4.78 is 44.8. The predicted octanol–water partition coefficient (Wildman–Crippen LogP) is 3.11. The van der Waals surface area contributed by atoms with Gasteiger partial charge in [0.2, 0.25) is 0 Å². The maximum Gasteiger partial charge on any atom is 0.159 e. The second kappa shape index (κ2) is 8.82. The third-order valence-electron chi connectivity index (χ3n) is 3.48. The molecule has 24 heavy (non-hydrogen) atoms. The van der Waals surface area contributed by atoms with Gasteiger partial charge in [-0.3, -0.25) is 4.90 Å². The van der Waals surface area contributed by atoms with Crippen LogP contribution in [0.5, 0.6) is 0 Å². The van der Waals surface area contributed by atoms with E-state index in [2.05, 4.69) is 0 Å². The van der Waals surface area contributed by atoms with Gasteiger partial charge in [0.25, 0.3) is 0 Å². The smallest absolute Gasteiger partial charge is 0.159 e. The first kappa shape index (κ1) is 18.4. The molecule has 0 saturated heterocycles. The normalized spacial score (nSPS) is 12.6. The van der Waals surface area contributed by atoms with E-state index >= 15 is 0 Å². The molecular weight excluding hydrogens is 319 g/mol. The number of nitrogens with zero attached hydrogens (tertiary/aromatic N) is 1. The van der Waals surface area contributed by atoms with E-state index in [0.717, 1.165) is 12.1 Å². The molecule has 0 fully saturated rings. The fourth-order valence-corrected chi connectivity index (χ4v) is 2.35. The quantitative estimate of drug-likeness (QED) is 0.802. The van der Waals surface area contributed by atoms with E-state index < -0.39 is 17.7 Å². The molecule has 0 spiro atoms. The van der Waals surface area contributed by atoms with Crippen LogP contribution in [0.1, 0.15) is 11.1 Å². The second-order valence-electron chi connectivity index (χ2n) is 5.71. The van der Waals surface area contributed by atoms with Crippen molar-refractivity contribution in [2.45, 2.75) is 19.3 Å². The number of aliphatic hydroxyl groups is 1. The van der Waals surface area contributed by atoms with Gasteiger partial charge in [-0.15, -0.1) is 0 Å². The van der Waals surface area contributed by atoms with Gasteiger partial charge in [0, 0.05) is 18.7 Å². The number of halogens is 3. The van der Waals surface area contributed by atoms with E-state index in [-0.39, 0.29) is 25.6 Å². The van der Waals surface area contributed by atoms with Crippen molar-refractivity contribution >= 4 is 0 Å². The predicted molar refractivity (Wildman–Crippen MR) is 84.8 cm³/mol.